The average molecular weight is 491 g/mol. The van der Waals surface area contributed by atoms with Gasteiger partial charge in [-0.15, -0.1) is 5.10 Å². The number of piperidine rings is 1. The molecule has 1 aliphatic carbocycles. The maximum atomic E-state index is 13.4. The van der Waals surface area contributed by atoms with Crippen molar-refractivity contribution in [2.45, 2.75) is 37.5 Å². The predicted molar refractivity (Wildman–Crippen MR) is 125 cm³/mol. The van der Waals surface area contributed by atoms with Gasteiger partial charge in [-0.1, -0.05) is 33.3 Å². The summed E-state index contributed by atoms with van der Waals surface area (Å²) in [5.74, 6) is 1.73. The summed E-state index contributed by atoms with van der Waals surface area (Å²) in [6.07, 6.45) is 3.95. The van der Waals surface area contributed by atoms with Crippen LogP contribution in [0.2, 0.25) is 0 Å². The molecule has 2 aliphatic rings. The molecule has 1 aliphatic heterocycles. The summed E-state index contributed by atoms with van der Waals surface area (Å²) in [4.78, 5) is 23.6. The molecule has 1 saturated heterocycles. The van der Waals surface area contributed by atoms with E-state index in [2.05, 4.69) is 37.3 Å². The molecule has 8 heteroatoms. The van der Waals surface area contributed by atoms with Crippen LogP contribution in [0, 0.1) is 0 Å². The molecule has 0 bridgehead atoms. The van der Waals surface area contributed by atoms with Crippen molar-refractivity contribution >= 4 is 32.9 Å². The number of benzene rings is 2. The molecule has 0 atom stereocenters. The molecule has 3 heterocycles. The molecule has 0 unspecified atom stereocenters. The van der Waals surface area contributed by atoms with Crippen LogP contribution in [-0.2, 0) is 0 Å². The average Bonchev–Trinajstić information content (AvgIpc) is 3.41. The molecule has 7 nitrogen and oxygen atoms in total. The summed E-state index contributed by atoms with van der Waals surface area (Å²) >= 11 is 3.48. The monoisotopic (exact) mass is 490 g/mol. The van der Waals surface area contributed by atoms with Gasteiger partial charge in [0.05, 0.1) is 22.4 Å². The van der Waals surface area contributed by atoms with E-state index < -0.39 is 0 Å². The molecule has 162 valence electrons. The number of hydrogen-bond donors (Lipinski definition) is 1. The normalized spacial score (nSPS) is 17.2. The quantitative estimate of drug-likeness (QED) is 0.445. The molecule has 2 aromatic carbocycles. The van der Waals surface area contributed by atoms with E-state index in [0.29, 0.717) is 30.6 Å². The van der Waals surface area contributed by atoms with Crippen LogP contribution < -0.4 is 0 Å². The summed E-state index contributed by atoms with van der Waals surface area (Å²) < 4.78 is 2.86. The first-order valence-corrected chi connectivity index (χ1v) is 11.9. The van der Waals surface area contributed by atoms with E-state index in [4.69, 9.17) is 4.98 Å². The fraction of sp³-hybridized carbons (Fsp3) is 0.333. The maximum absolute atomic E-state index is 13.4. The molecular weight excluding hydrogens is 468 g/mol. The van der Waals surface area contributed by atoms with Gasteiger partial charge in [0.1, 0.15) is 5.82 Å². The Kier molecular flexibility index (Phi) is 4.82. The van der Waals surface area contributed by atoms with Crippen LogP contribution >= 0.6 is 15.9 Å². The van der Waals surface area contributed by atoms with Crippen molar-refractivity contribution in [3.63, 3.8) is 0 Å². The molecule has 1 amide bonds. The zero-order valence-corrected chi connectivity index (χ0v) is 19.1. The van der Waals surface area contributed by atoms with Crippen LogP contribution in [-0.4, -0.2) is 48.9 Å². The highest BCUT2D eigenvalue weighted by atomic mass is 79.9. The first kappa shape index (κ1) is 19.7. The van der Waals surface area contributed by atoms with Gasteiger partial charge < -0.3 is 9.88 Å². The Labute approximate surface area is 194 Å². The number of rotatable bonds is 4. The van der Waals surface area contributed by atoms with Crippen LogP contribution in [0.25, 0.3) is 16.7 Å². The summed E-state index contributed by atoms with van der Waals surface area (Å²) in [5.41, 5.74) is 4.47. The largest absolute Gasteiger partial charge is 0.342 e. The van der Waals surface area contributed by atoms with Gasteiger partial charge in [-0.3, -0.25) is 4.79 Å². The van der Waals surface area contributed by atoms with Crippen molar-refractivity contribution in [2.24, 2.45) is 0 Å². The van der Waals surface area contributed by atoms with E-state index in [9.17, 15) is 4.79 Å². The first-order valence-electron chi connectivity index (χ1n) is 11.1. The van der Waals surface area contributed by atoms with Gasteiger partial charge in [0.15, 0.2) is 5.69 Å². The fourth-order valence-corrected chi connectivity index (χ4v) is 4.87. The van der Waals surface area contributed by atoms with Crippen molar-refractivity contribution in [3.8, 4) is 5.69 Å². The highest BCUT2D eigenvalue weighted by Gasteiger charge is 2.36. The fourth-order valence-electron chi connectivity index (χ4n) is 4.61. The van der Waals surface area contributed by atoms with Crippen molar-refractivity contribution in [1.82, 2.24) is 29.9 Å². The minimum absolute atomic E-state index is 0.00156. The number of nitrogens with zero attached hydrogens (tertiary/aromatic N) is 5. The standard InChI is InChI=1S/C24H23BrN6O/c25-17-7-9-18(10-8-17)31-22(15-5-6-15)21(28-29-31)24(32)30-13-11-16(12-14-30)23-26-19-3-1-2-4-20(19)27-23/h1-4,7-10,15-16H,5-6,11-14H2,(H,26,27). The lowest BCUT2D eigenvalue weighted by molar-refractivity contribution is 0.0704. The molecular formula is C24H23BrN6O. The van der Waals surface area contributed by atoms with Crippen molar-refractivity contribution in [1.29, 1.82) is 0 Å². The number of aromatic amines is 1. The third-order valence-electron chi connectivity index (χ3n) is 6.52. The van der Waals surface area contributed by atoms with Gasteiger partial charge in [-0.05, 0) is 62.1 Å². The minimum Gasteiger partial charge on any atom is -0.342 e. The van der Waals surface area contributed by atoms with E-state index in [1.807, 2.05) is 52.0 Å². The van der Waals surface area contributed by atoms with Crippen molar-refractivity contribution in [3.05, 3.63) is 70.2 Å². The van der Waals surface area contributed by atoms with Crippen LogP contribution in [0.3, 0.4) is 0 Å². The van der Waals surface area contributed by atoms with Gasteiger partial charge in [0.25, 0.3) is 5.91 Å². The Morgan fingerprint density at radius 3 is 2.44 bits per heavy atom. The molecule has 2 aromatic heterocycles. The molecule has 32 heavy (non-hydrogen) atoms. The third-order valence-corrected chi connectivity index (χ3v) is 7.05. The number of halogens is 1. The van der Waals surface area contributed by atoms with Crippen LogP contribution in [0.4, 0.5) is 0 Å². The van der Waals surface area contributed by atoms with E-state index >= 15 is 0 Å². The Balaban J connectivity index is 1.21. The maximum Gasteiger partial charge on any atom is 0.276 e. The lowest BCUT2D eigenvalue weighted by Gasteiger charge is -2.30. The van der Waals surface area contributed by atoms with E-state index in [0.717, 1.165) is 58.4 Å². The molecule has 1 N–H and O–H groups in total. The Morgan fingerprint density at radius 2 is 1.72 bits per heavy atom. The molecule has 0 radical (unpaired) electrons. The zero-order valence-electron chi connectivity index (χ0n) is 17.5. The number of fused-ring (bicyclic) bond motifs is 1. The number of aromatic nitrogens is 5. The lowest BCUT2D eigenvalue weighted by atomic mass is 9.96. The van der Waals surface area contributed by atoms with Gasteiger partial charge >= 0.3 is 0 Å². The second-order valence-electron chi connectivity index (χ2n) is 8.69. The molecule has 1 saturated carbocycles. The second-order valence-corrected chi connectivity index (χ2v) is 9.61. The predicted octanol–water partition coefficient (Wildman–Crippen LogP) is 4.80. The second kappa shape index (κ2) is 7.85. The number of amides is 1. The number of nitrogens with one attached hydrogen (secondary N) is 1. The topological polar surface area (TPSA) is 79.7 Å². The third kappa shape index (κ3) is 3.52. The number of H-pyrrole nitrogens is 1. The molecule has 2 fully saturated rings. The highest BCUT2D eigenvalue weighted by Crippen LogP contribution is 2.42. The summed E-state index contributed by atoms with van der Waals surface area (Å²) in [5, 5.41) is 8.72. The zero-order chi connectivity index (χ0) is 21.7. The number of para-hydroxylation sites is 2. The van der Waals surface area contributed by atoms with E-state index in [-0.39, 0.29) is 5.91 Å². The lowest BCUT2D eigenvalue weighted by Crippen LogP contribution is -2.38. The first-order chi connectivity index (χ1) is 15.7. The Bertz CT molecular complexity index is 1250. The van der Waals surface area contributed by atoms with E-state index in [1.54, 1.807) is 0 Å². The molecule has 4 aromatic rings. The summed E-state index contributed by atoms with van der Waals surface area (Å²) in [6, 6.07) is 16.1. The number of carbonyl (C=O) groups is 1. The van der Waals surface area contributed by atoms with Crippen molar-refractivity contribution in [2.75, 3.05) is 13.1 Å². The minimum atomic E-state index is -0.00156. The summed E-state index contributed by atoms with van der Waals surface area (Å²) in [6.45, 7) is 1.41. The smallest absolute Gasteiger partial charge is 0.276 e. The number of imidazole rings is 1. The van der Waals surface area contributed by atoms with Crippen LogP contribution in [0.15, 0.2) is 53.0 Å². The number of hydrogen-bond acceptors (Lipinski definition) is 4. The van der Waals surface area contributed by atoms with Crippen LogP contribution in [0.1, 0.15) is 59.5 Å². The van der Waals surface area contributed by atoms with Crippen molar-refractivity contribution < 1.29 is 4.79 Å². The Morgan fingerprint density at radius 1 is 0.969 bits per heavy atom. The number of likely N-dealkylation sites (tertiary alicyclic amines) is 1. The van der Waals surface area contributed by atoms with Gasteiger partial charge in [0.2, 0.25) is 0 Å². The highest BCUT2D eigenvalue weighted by molar-refractivity contribution is 9.10. The van der Waals surface area contributed by atoms with Crippen LogP contribution in [0.5, 0.6) is 0 Å². The number of carbonyl (C=O) groups excluding carboxylic acids is 1. The van der Waals surface area contributed by atoms with Gasteiger partial charge in [0, 0.05) is 29.4 Å². The van der Waals surface area contributed by atoms with Gasteiger partial charge in [-0.2, -0.15) is 0 Å². The molecule has 6 rings (SSSR count). The van der Waals surface area contributed by atoms with E-state index in [1.165, 1.54) is 0 Å². The molecule has 0 spiro atoms. The SMILES string of the molecule is O=C(c1nnn(-c2ccc(Br)cc2)c1C1CC1)N1CCC(c2nc3ccccc3[nH]2)CC1. The Hall–Kier alpha value is -3.00. The summed E-state index contributed by atoms with van der Waals surface area (Å²) in [7, 11) is 0. The van der Waals surface area contributed by atoms with Gasteiger partial charge in [-0.25, -0.2) is 9.67 Å².